The summed E-state index contributed by atoms with van der Waals surface area (Å²) < 4.78 is 26.1. The molecule has 1 aromatic heterocycles. The summed E-state index contributed by atoms with van der Waals surface area (Å²) in [6, 6.07) is 0. The number of fused-ring (bicyclic) bond motifs is 1. The molecule has 0 saturated carbocycles. The van der Waals surface area contributed by atoms with Gasteiger partial charge in [-0.1, -0.05) is 13.8 Å². The third kappa shape index (κ3) is 1.70. The molecule has 2 heterocycles. The van der Waals surface area contributed by atoms with Crippen molar-refractivity contribution in [3.05, 3.63) is 11.9 Å². The van der Waals surface area contributed by atoms with Crippen molar-refractivity contribution in [3.8, 4) is 0 Å². The fraction of sp³-hybridized carbons (Fsp3) is 0.375. The van der Waals surface area contributed by atoms with Crippen LogP contribution in [0.4, 0.5) is 5.82 Å². The highest BCUT2D eigenvalue weighted by Gasteiger charge is 2.24. The van der Waals surface area contributed by atoms with Crippen LogP contribution >= 0.6 is 0 Å². The molecule has 0 radical (unpaired) electrons. The molecule has 0 fully saturated rings. The largest absolute Gasteiger partial charge is 0.328 e. The van der Waals surface area contributed by atoms with Gasteiger partial charge in [0.05, 0.1) is 11.9 Å². The van der Waals surface area contributed by atoms with Crippen molar-refractivity contribution in [1.82, 2.24) is 9.97 Å². The lowest BCUT2D eigenvalue weighted by molar-refractivity contribution is 0.593. The molecular weight excluding hydrogens is 216 g/mol. The number of aromatic nitrogens is 2. The van der Waals surface area contributed by atoms with Gasteiger partial charge >= 0.3 is 10.0 Å². The summed E-state index contributed by atoms with van der Waals surface area (Å²) in [7, 11) is -3.65. The van der Waals surface area contributed by atoms with Crippen molar-refractivity contribution in [2.24, 2.45) is 4.40 Å². The maximum atomic E-state index is 11.4. The van der Waals surface area contributed by atoms with Gasteiger partial charge in [0.2, 0.25) is 5.03 Å². The Hall–Kier alpha value is -1.50. The normalized spacial score (nSPS) is 17.3. The first kappa shape index (κ1) is 10.0. The van der Waals surface area contributed by atoms with Crippen LogP contribution in [0.15, 0.2) is 15.6 Å². The van der Waals surface area contributed by atoms with Crippen molar-refractivity contribution in [3.63, 3.8) is 0 Å². The van der Waals surface area contributed by atoms with E-state index >= 15 is 0 Å². The average molecular weight is 226 g/mol. The summed E-state index contributed by atoms with van der Waals surface area (Å²) in [5.41, 5.74) is 0.742. The highest BCUT2D eigenvalue weighted by molar-refractivity contribution is 7.90. The van der Waals surface area contributed by atoms with E-state index in [0.717, 1.165) is 12.0 Å². The van der Waals surface area contributed by atoms with Crippen molar-refractivity contribution in [2.45, 2.75) is 24.8 Å². The molecule has 0 spiro atoms. The molecule has 0 atom stereocenters. The van der Waals surface area contributed by atoms with Crippen LogP contribution in [0.25, 0.3) is 0 Å². The van der Waals surface area contributed by atoms with Crippen LogP contribution in [0.3, 0.4) is 0 Å². The molecule has 0 aliphatic carbocycles. The fourth-order valence-electron chi connectivity index (χ4n) is 1.16. The zero-order valence-electron chi connectivity index (χ0n) is 8.30. The van der Waals surface area contributed by atoms with Crippen LogP contribution in [0.1, 0.15) is 25.5 Å². The van der Waals surface area contributed by atoms with E-state index in [1.807, 2.05) is 13.8 Å². The molecule has 15 heavy (non-hydrogen) atoms. The third-order valence-corrected chi connectivity index (χ3v) is 3.16. The van der Waals surface area contributed by atoms with E-state index in [-0.39, 0.29) is 16.8 Å². The first-order valence-electron chi connectivity index (χ1n) is 4.43. The smallest absolute Gasteiger partial charge is 0.304 e. The van der Waals surface area contributed by atoms with Crippen molar-refractivity contribution in [2.75, 3.05) is 5.32 Å². The molecule has 1 aromatic rings. The molecule has 0 amide bonds. The van der Waals surface area contributed by atoms with Crippen molar-refractivity contribution in [1.29, 1.82) is 0 Å². The highest BCUT2D eigenvalue weighted by atomic mass is 32.2. The Labute approximate surface area is 87.5 Å². The lowest BCUT2D eigenvalue weighted by Crippen LogP contribution is -2.16. The molecule has 2 rings (SSSR count). The minimum absolute atomic E-state index is 0.116. The van der Waals surface area contributed by atoms with E-state index in [4.69, 9.17) is 0 Å². The van der Waals surface area contributed by atoms with E-state index < -0.39 is 10.0 Å². The minimum atomic E-state index is -3.65. The molecule has 0 saturated heterocycles. The Morgan fingerprint density at radius 3 is 2.80 bits per heavy atom. The van der Waals surface area contributed by atoms with E-state index in [1.165, 1.54) is 6.20 Å². The Balaban J connectivity index is 2.59. The Morgan fingerprint density at radius 1 is 1.40 bits per heavy atom. The van der Waals surface area contributed by atoms with Gasteiger partial charge in [-0.3, -0.25) is 0 Å². The standard InChI is InChI=1S/C8H10N4O2S/c1-5(2)6-3-9-8-7(12-6)10-4-11-15(8,13)14/h3-5H,1-2H3,(H,10,11,12). The number of nitrogens with zero attached hydrogens (tertiary/aromatic N) is 3. The summed E-state index contributed by atoms with van der Waals surface area (Å²) in [5.74, 6) is 0.447. The molecule has 0 bridgehead atoms. The number of sulfonamides is 1. The van der Waals surface area contributed by atoms with Crippen LogP contribution in [0, 0.1) is 0 Å². The lowest BCUT2D eigenvalue weighted by Gasteiger charge is -2.12. The zero-order valence-corrected chi connectivity index (χ0v) is 9.11. The summed E-state index contributed by atoms with van der Waals surface area (Å²) in [4.78, 5) is 8.03. The maximum Gasteiger partial charge on any atom is 0.304 e. The number of hydrogen-bond acceptors (Lipinski definition) is 5. The number of hydrogen-bond donors (Lipinski definition) is 1. The van der Waals surface area contributed by atoms with E-state index in [0.29, 0.717) is 0 Å². The van der Waals surface area contributed by atoms with Gasteiger partial charge in [0.15, 0.2) is 5.82 Å². The molecule has 0 aromatic carbocycles. The van der Waals surface area contributed by atoms with Gasteiger partial charge in [0, 0.05) is 0 Å². The van der Waals surface area contributed by atoms with Crippen molar-refractivity contribution >= 4 is 22.2 Å². The van der Waals surface area contributed by atoms with Gasteiger partial charge in [-0.05, 0) is 5.92 Å². The van der Waals surface area contributed by atoms with Gasteiger partial charge < -0.3 is 5.32 Å². The second-order valence-corrected chi connectivity index (χ2v) is 5.00. The van der Waals surface area contributed by atoms with E-state index in [2.05, 4.69) is 19.7 Å². The van der Waals surface area contributed by atoms with Gasteiger partial charge in [0.25, 0.3) is 0 Å². The van der Waals surface area contributed by atoms with Crippen LogP contribution in [-0.4, -0.2) is 24.7 Å². The van der Waals surface area contributed by atoms with E-state index in [1.54, 1.807) is 0 Å². The molecule has 0 unspecified atom stereocenters. The number of rotatable bonds is 1. The lowest BCUT2D eigenvalue weighted by atomic mass is 10.1. The second-order valence-electron chi connectivity index (χ2n) is 3.46. The van der Waals surface area contributed by atoms with Crippen molar-refractivity contribution < 1.29 is 8.42 Å². The average Bonchev–Trinajstić information content (AvgIpc) is 2.16. The molecule has 1 N–H and O–H groups in total. The van der Waals surface area contributed by atoms with Gasteiger partial charge in [-0.25, -0.2) is 9.97 Å². The summed E-state index contributed by atoms with van der Waals surface area (Å²) in [6.07, 6.45) is 2.57. The van der Waals surface area contributed by atoms with Crippen LogP contribution in [0.2, 0.25) is 0 Å². The molecule has 6 nitrogen and oxygen atoms in total. The SMILES string of the molecule is CC(C)c1cnc2c(n1)NC=NS2(=O)=O. The Morgan fingerprint density at radius 2 is 2.13 bits per heavy atom. The summed E-state index contributed by atoms with van der Waals surface area (Å²) >= 11 is 0. The van der Waals surface area contributed by atoms with Crippen LogP contribution in [-0.2, 0) is 10.0 Å². The molecule has 7 heteroatoms. The fourth-order valence-corrected chi connectivity index (χ4v) is 1.99. The molecule has 80 valence electrons. The Bertz CT molecular complexity index is 521. The Kier molecular flexibility index (Phi) is 2.18. The van der Waals surface area contributed by atoms with Crippen LogP contribution in [0.5, 0.6) is 0 Å². The first-order chi connectivity index (χ1) is 7.00. The predicted octanol–water partition coefficient (Wildman–Crippen LogP) is 0.743. The van der Waals surface area contributed by atoms with Gasteiger partial charge in [-0.15, -0.1) is 4.40 Å². The molecular formula is C8H10N4O2S. The van der Waals surface area contributed by atoms with Gasteiger partial charge in [-0.2, -0.15) is 8.42 Å². The van der Waals surface area contributed by atoms with Gasteiger partial charge in [0.1, 0.15) is 6.34 Å². The topological polar surface area (TPSA) is 84.3 Å². The second kappa shape index (κ2) is 3.27. The first-order valence-corrected chi connectivity index (χ1v) is 5.87. The maximum absolute atomic E-state index is 11.4. The quantitative estimate of drug-likeness (QED) is 0.763. The number of anilines is 1. The molecule has 1 aliphatic rings. The summed E-state index contributed by atoms with van der Waals surface area (Å²) in [5, 5.41) is 2.55. The third-order valence-electron chi connectivity index (χ3n) is 1.99. The van der Waals surface area contributed by atoms with E-state index in [9.17, 15) is 8.42 Å². The summed E-state index contributed by atoms with van der Waals surface area (Å²) in [6.45, 7) is 3.92. The molecule has 1 aliphatic heterocycles. The minimum Gasteiger partial charge on any atom is -0.328 e. The zero-order chi connectivity index (χ0) is 11.1. The monoisotopic (exact) mass is 226 g/mol. The predicted molar refractivity (Wildman–Crippen MR) is 55.4 cm³/mol. The number of nitrogens with one attached hydrogen (secondary N) is 1. The van der Waals surface area contributed by atoms with Crippen LogP contribution < -0.4 is 5.32 Å². The highest BCUT2D eigenvalue weighted by Crippen LogP contribution is 2.23.